The van der Waals surface area contributed by atoms with E-state index < -0.39 is 0 Å². The highest BCUT2D eigenvalue weighted by Crippen LogP contribution is 2.18. The van der Waals surface area contributed by atoms with Gasteiger partial charge in [-0.25, -0.2) is 0 Å². The molecule has 0 aromatic carbocycles. The fraction of sp³-hybridized carbons (Fsp3) is 0.615. The Bertz CT molecular complexity index is 328. The van der Waals surface area contributed by atoms with Crippen LogP contribution in [-0.2, 0) is 6.54 Å². The first-order valence-corrected chi connectivity index (χ1v) is 5.83. The molecule has 3 nitrogen and oxygen atoms in total. The molecule has 0 aliphatic heterocycles. The van der Waals surface area contributed by atoms with Crippen molar-refractivity contribution in [1.82, 2.24) is 10.3 Å². The maximum absolute atomic E-state index is 4.19. The summed E-state index contributed by atoms with van der Waals surface area (Å²) in [6.45, 7) is 10.6. The van der Waals surface area contributed by atoms with Crippen LogP contribution in [0.1, 0.15) is 33.3 Å². The Kier molecular flexibility index (Phi) is 4.30. The predicted octanol–water partition coefficient (Wildman–Crippen LogP) is 2.43. The van der Waals surface area contributed by atoms with Crippen molar-refractivity contribution in [2.24, 2.45) is 0 Å². The Balaban J connectivity index is 2.79. The molecule has 1 N–H and O–H groups in total. The quantitative estimate of drug-likeness (QED) is 0.846. The van der Waals surface area contributed by atoms with Crippen LogP contribution in [0, 0.1) is 0 Å². The Labute approximate surface area is 98.9 Å². The van der Waals surface area contributed by atoms with E-state index in [0.717, 1.165) is 13.1 Å². The summed E-state index contributed by atoms with van der Waals surface area (Å²) in [5.41, 5.74) is 2.65. The van der Waals surface area contributed by atoms with Crippen LogP contribution in [0.25, 0.3) is 0 Å². The van der Waals surface area contributed by atoms with Crippen molar-refractivity contribution < 1.29 is 0 Å². The number of aromatic nitrogens is 1. The van der Waals surface area contributed by atoms with Crippen LogP contribution >= 0.6 is 0 Å². The average Bonchev–Trinajstić information content (AvgIpc) is 2.25. The lowest BCUT2D eigenvalue weighted by Crippen LogP contribution is -2.35. The Morgan fingerprint density at radius 2 is 2.06 bits per heavy atom. The highest BCUT2D eigenvalue weighted by Gasteiger charge is 2.11. The standard InChI is InChI=1S/C13H23N3/c1-6-16(5)12-10-14-8-7-11(12)9-15-13(2,3)4/h7-8,10,15H,6,9H2,1-5H3. The number of nitrogens with zero attached hydrogens (tertiary/aromatic N) is 2. The smallest absolute Gasteiger partial charge is 0.0595 e. The normalized spacial score (nSPS) is 11.6. The molecule has 0 unspecified atom stereocenters. The number of rotatable bonds is 4. The molecule has 0 aliphatic carbocycles. The van der Waals surface area contributed by atoms with Gasteiger partial charge in [0.15, 0.2) is 0 Å². The molecule has 0 radical (unpaired) electrons. The van der Waals surface area contributed by atoms with Crippen molar-refractivity contribution in [1.29, 1.82) is 0 Å². The third-order valence-corrected chi connectivity index (χ3v) is 2.58. The van der Waals surface area contributed by atoms with Crippen LogP contribution in [0.2, 0.25) is 0 Å². The summed E-state index contributed by atoms with van der Waals surface area (Å²) >= 11 is 0. The molecule has 0 spiro atoms. The van der Waals surface area contributed by atoms with Gasteiger partial charge in [-0.15, -0.1) is 0 Å². The SMILES string of the molecule is CCN(C)c1cnccc1CNC(C)(C)C. The summed E-state index contributed by atoms with van der Waals surface area (Å²) < 4.78 is 0. The highest BCUT2D eigenvalue weighted by atomic mass is 15.1. The van der Waals surface area contributed by atoms with Crippen LogP contribution in [0.15, 0.2) is 18.5 Å². The molecule has 90 valence electrons. The zero-order chi connectivity index (χ0) is 12.2. The fourth-order valence-electron chi connectivity index (χ4n) is 1.44. The van der Waals surface area contributed by atoms with Crippen molar-refractivity contribution in [2.75, 3.05) is 18.5 Å². The van der Waals surface area contributed by atoms with E-state index in [4.69, 9.17) is 0 Å². The first-order chi connectivity index (χ1) is 7.44. The van der Waals surface area contributed by atoms with Crippen molar-refractivity contribution in [2.45, 2.75) is 39.8 Å². The van der Waals surface area contributed by atoms with Crippen LogP contribution in [0.5, 0.6) is 0 Å². The van der Waals surface area contributed by atoms with E-state index >= 15 is 0 Å². The molecule has 16 heavy (non-hydrogen) atoms. The Morgan fingerprint density at radius 3 is 2.62 bits per heavy atom. The molecule has 0 aliphatic rings. The van der Waals surface area contributed by atoms with E-state index in [9.17, 15) is 0 Å². The first kappa shape index (κ1) is 13.0. The molecule has 1 heterocycles. The molecule has 3 heteroatoms. The number of nitrogens with one attached hydrogen (secondary N) is 1. The van der Waals surface area contributed by atoms with Gasteiger partial charge in [-0.3, -0.25) is 4.98 Å². The van der Waals surface area contributed by atoms with E-state index in [1.165, 1.54) is 11.3 Å². The molecule has 0 fully saturated rings. The van der Waals surface area contributed by atoms with Gasteiger partial charge in [0, 0.05) is 31.9 Å². The second kappa shape index (κ2) is 5.30. The lowest BCUT2D eigenvalue weighted by atomic mass is 10.1. The van der Waals surface area contributed by atoms with Gasteiger partial charge >= 0.3 is 0 Å². The van der Waals surface area contributed by atoms with Gasteiger partial charge in [0.05, 0.1) is 11.9 Å². The summed E-state index contributed by atoms with van der Waals surface area (Å²) in [6.07, 6.45) is 3.79. The van der Waals surface area contributed by atoms with Crippen molar-refractivity contribution in [3.8, 4) is 0 Å². The molecular weight excluding hydrogens is 198 g/mol. The minimum Gasteiger partial charge on any atom is -0.373 e. The second-order valence-corrected chi connectivity index (χ2v) is 5.12. The minimum atomic E-state index is 0.144. The van der Waals surface area contributed by atoms with Crippen molar-refractivity contribution in [3.63, 3.8) is 0 Å². The number of anilines is 1. The summed E-state index contributed by atoms with van der Waals surface area (Å²) in [7, 11) is 2.09. The molecule has 0 bridgehead atoms. The summed E-state index contributed by atoms with van der Waals surface area (Å²) in [6, 6.07) is 2.08. The van der Waals surface area contributed by atoms with Gasteiger partial charge in [-0.2, -0.15) is 0 Å². The van der Waals surface area contributed by atoms with Gasteiger partial charge in [0.2, 0.25) is 0 Å². The Hall–Kier alpha value is -1.09. The van der Waals surface area contributed by atoms with E-state index in [1.54, 1.807) is 0 Å². The molecular formula is C13H23N3. The molecule has 0 atom stereocenters. The molecule has 0 saturated carbocycles. The summed E-state index contributed by atoms with van der Waals surface area (Å²) in [4.78, 5) is 6.40. The number of pyridine rings is 1. The maximum atomic E-state index is 4.19. The lowest BCUT2D eigenvalue weighted by molar-refractivity contribution is 0.424. The summed E-state index contributed by atoms with van der Waals surface area (Å²) in [5.74, 6) is 0. The zero-order valence-corrected chi connectivity index (χ0v) is 11.0. The largest absolute Gasteiger partial charge is 0.373 e. The predicted molar refractivity (Wildman–Crippen MR) is 69.8 cm³/mol. The topological polar surface area (TPSA) is 28.2 Å². The van der Waals surface area contributed by atoms with Crippen LogP contribution < -0.4 is 10.2 Å². The van der Waals surface area contributed by atoms with E-state index in [0.29, 0.717) is 0 Å². The van der Waals surface area contributed by atoms with E-state index in [1.807, 2.05) is 12.4 Å². The molecule has 1 aromatic heterocycles. The minimum absolute atomic E-state index is 0.144. The van der Waals surface area contributed by atoms with Crippen LogP contribution in [0.3, 0.4) is 0 Å². The second-order valence-electron chi connectivity index (χ2n) is 5.12. The van der Waals surface area contributed by atoms with Crippen LogP contribution in [0.4, 0.5) is 5.69 Å². The van der Waals surface area contributed by atoms with Gasteiger partial charge in [0.25, 0.3) is 0 Å². The van der Waals surface area contributed by atoms with Gasteiger partial charge < -0.3 is 10.2 Å². The Morgan fingerprint density at radius 1 is 1.38 bits per heavy atom. The third-order valence-electron chi connectivity index (χ3n) is 2.58. The van der Waals surface area contributed by atoms with Crippen LogP contribution in [-0.4, -0.2) is 24.1 Å². The maximum Gasteiger partial charge on any atom is 0.0595 e. The monoisotopic (exact) mass is 221 g/mol. The molecule has 1 aromatic rings. The van der Waals surface area contributed by atoms with Gasteiger partial charge in [-0.1, -0.05) is 0 Å². The molecule has 0 amide bonds. The first-order valence-electron chi connectivity index (χ1n) is 5.83. The van der Waals surface area contributed by atoms with Crippen molar-refractivity contribution >= 4 is 5.69 Å². The highest BCUT2D eigenvalue weighted by molar-refractivity contribution is 5.50. The zero-order valence-electron chi connectivity index (χ0n) is 11.0. The molecule has 1 rings (SSSR count). The molecule has 0 saturated heterocycles. The van der Waals surface area contributed by atoms with E-state index in [-0.39, 0.29) is 5.54 Å². The van der Waals surface area contributed by atoms with Crippen molar-refractivity contribution in [3.05, 3.63) is 24.0 Å². The van der Waals surface area contributed by atoms with E-state index in [2.05, 4.69) is 56.0 Å². The average molecular weight is 221 g/mol. The summed E-state index contributed by atoms with van der Waals surface area (Å²) in [5, 5.41) is 3.50. The fourth-order valence-corrected chi connectivity index (χ4v) is 1.44. The third kappa shape index (κ3) is 3.81. The number of hydrogen-bond donors (Lipinski definition) is 1. The lowest BCUT2D eigenvalue weighted by Gasteiger charge is -2.24. The van der Waals surface area contributed by atoms with Gasteiger partial charge in [0.1, 0.15) is 0 Å². The van der Waals surface area contributed by atoms with Gasteiger partial charge in [-0.05, 0) is 39.3 Å². The number of hydrogen-bond acceptors (Lipinski definition) is 3.